The van der Waals surface area contributed by atoms with Gasteiger partial charge in [0.15, 0.2) is 5.82 Å². The molecule has 144 valence electrons. The molecule has 0 spiro atoms. The topological polar surface area (TPSA) is 85.8 Å². The molecular weight excluding hydrogens is 398 g/mol. The van der Waals surface area contributed by atoms with Crippen molar-refractivity contribution in [3.05, 3.63) is 57.6 Å². The molecule has 0 saturated heterocycles. The molecule has 0 unspecified atom stereocenters. The molecule has 0 aliphatic carbocycles. The number of fused-ring (bicyclic) bond motifs is 1. The molecule has 7 nitrogen and oxygen atoms in total. The Balaban J connectivity index is 1.69. The molecular formula is C19H18ClN5O2S. The van der Waals surface area contributed by atoms with E-state index in [9.17, 15) is 4.79 Å². The van der Waals surface area contributed by atoms with Gasteiger partial charge in [0, 0.05) is 12.3 Å². The predicted molar refractivity (Wildman–Crippen MR) is 108 cm³/mol. The maximum atomic E-state index is 12.9. The Hall–Kier alpha value is -2.71. The third kappa shape index (κ3) is 3.18. The number of aryl methyl sites for hydroxylation is 2. The molecule has 28 heavy (non-hydrogen) atoms. The third-order valence-electron chi connectivity index (χ3n) is 4.36. The smallest absolute Gasteiger partial charge is 0.262 e. The van der Waals surface area contributed by atoms with Crippen molar-refractivity contribution >= 4 is 39.1 Å². The summed E-state index contributed by atoms with van der Waals surface area (Å²) in [5.74, 6) is 0.672. The van der Waals surface area contributed by atoms with Crippen LogP contribution in [0.25, 0.3) is 15.9 Å². The summed E-state index contributed by atoms with van der Waals surface area (Å²) in [6.07, 6.45) is 0. The standard InChI is InChI=1S/C19H18ClN5O2S/c1-10-12-9-15(16(26)22-19(3,4)18-21-11(2)27-24-18)28-17(12)25(23-10)14-8-6-5-7-13(14)20/h5-9H,1-4H3,(H,22,26). The molecule has 0 aliphatic rings. The Morgan fingerprint density at radius 3 is 2.71 bits per heavy atom. The van der Waals surface area contributed by atoms with Gasteiger partial charge in [0.1, 0.15) is 4.83 Å². The second-order valence-corrected chi connectivity index (χ2v) is 8.43. The quantitative estimate of drug-likeness (QED) is 0.533. The van der Waals surface area contributed by atoms with Crippen LogP contribution in [0.15, 0.2) is 34.9 Å². The monoisotopic (exact) mass is 415 g/mol. The lowest BCUT2D eigenvalue weighted by Crippen LogP contribution is -2.41. The van der Waals surface area contributed by atoms with Crippen molar-refractivity contribution in [2.24, 2.45) is 0 Å². The second-order valence-electron chi connectivity index (χ2n) is 6.99. The lowest BCUT2D eigenvalue weighted by Gasteiger charge is -2.21. The van der Waals surface area contributed by atoms with E-state index < -0.39 is 5.54 Å². The summed E-state index contributed by atoms with van der Waals surface area (Å²) in [4.78, 5) is 18.6. The fourth-order valence-electron chi connectivity index (χ4n) is 2.90. The summed E-state index contributed by atoms with van der Waals surface area (Å²) in [6, 6.07) is 9.34. The highest BCUT2D eigenvalue weighted by molar-refractivity contribution is 7.20. The normalized spacial score (nSPS) is 11.9. The first-order valence-electron chi connectivity index (χ1n) is 8.63. The van der Waals surface area contributed by atoms with Crippen molar-refractivity contribution in [2.75, 3.05) is 0 Å². The molecule has 0 fully saturated rings. The van der Waals surface area contributed by atoms with Crippen LogP contribution in [-0.4, -0.2) is 25.8 Å². The van der Waals surface area contributed by atoms with E-state index in [0.717, 1.165) is 21.6 Å². The van der Waals surface area contributed by atoms with Gasteiger partial charge in [-0.2, -0.15) is 10.1 Å². The number of hydrogen-bond donors (Lipinski definition) is 1. The van der Waals surface area contributed by atoms with Crippen LogP contribution >= 0.6 is 22.9 Å². The van der Waals surface area contributed by atoms with E-state index in [4.69, 9.17) is 16.1 Å². The maximum absolute atomic E-state index is 12.9. The van der Waals surface area contributed by atoms with Gasteiger partial charge in [-0.1, -0.05) is 28.9 Å². The van der Waals surface area contributed by atoms with Gasteiger partial charge in [-0.05, 0) is 39.0 Å². The average molecular weight is 416 g/mol. The van der Waals surface area contributed by atoms with E-state index in [1.54, 1.807) is 11.6 Å². The number of amides is 1. The zero-order valence-electron chi connectivity index (χ0n) is 15.8. The number of para-hydroxylation sites is 1. The number of hydrogen-bond acceptors (Lipinski definition) is 6. The fourth-order valence-corrected chi connectivity index (χ4v) is 4.19. The van der Waals surface area contributed by atoms with Crippen LogP contribution in [0.2, 0.25) is 5.02 Å². The van der Waals surface area contributed by atoms with Crippen molar-refractivity contribution in [1.29, 1.82) is 0 Å². The van der Waals surface area contributed by atoms with Crippen molar-refractivity contribution in [1.82, 2.24) is 25.2 Å². The average Bonchev–Trinajstić information content (AvgIpc) is 3.32. The molecule has 0 radical (unpaired) electrons. The molecule has 9 heteroatoms. The zero-order chi connectivity index (χ0) is 20.1. The highest BCUT2D eigenvalue weighted by Gasteiger charge is 2.29. The van der Waals surface area contributed by atoms with Crippen LogP contribution in [0, 0.1) is 13.8 Å². The Kier molecular flexibility index (Phi) is 4.47. The van der Waals surface area contributed by atoms with Gasteiger partial charge in [0.25, 0.3) is 5.91 Å². The highest BCUT2D eigenvalue weighted by atomic mass is 35.5. The lowest BCUT2D eigenvalue weighted by molar-refractivity contribution is 0.0911. The Morgan fingerprint density at radius 1 is 1.29 bits per heavy atom. The summed E-state index contributed by atoms with van der Waals surface area (Å²) >= 11 is 7.70. The third-order valence-corrected chi connectivity index (χ3v) is 5.79. The van der Waals surface area contributed by atoms with Gasteiger partial charge in [-0.3, -0.25) is 4.79 Å². The Morgan fingerprint density at radius 2 is 2.04 bits per heavy atom. The van der Waals surface area contributed by atoms with Crippen LogP contribution < -0.4 is 5.32 Å². The second kappa shape index (κ2) is 6.72. The lowest BCUT2D eigenvalue weighted by atomic mass is 10.0. The molecule has 3 aromatic heterocycles. The predicted octanol–water partition coefficient (Wildman–Crippen LogP) is 4.41. The van der Waals surface area contributed by atoms with Gasteiger partial charge < -0.3 is 9.84 Å². The first-order valence-corrected chi connectivity index (χ1v) is 9.83. The number of carbonyl (C=O) groups is 1. The van der Waals surface area contributed by atoms with Crippen LogP contribution in [0.1, 0.15) is 40.9 Å². The van der Waals surface area contributed by atoms with Crippen LogP contribution in [0.5, 0.6) is 0 Å². The molecule has 4 aromatic rings. The molecule has 0 aliphatic heterocycles. The fraction of sp³-hybridized carbons (Fsp3) is 0.263. The number of benzene rings is 1. The van der Waals surface area contributed by atoms with Gasteiger partial charge in [-0.15, -0.1) is 11.3 Å². The van der Waals surface area contributed by atoms with E-state index in [1.807, 2.05) is 51.1 Å². The number of carbonyl (C=O) groups excluding carboxylic acids is 1. The Bertz CT molecular complexity index is 1190. The summed E-state index contributed by atoms with van der Waals surface area (Å²) < 4.78 is 6.81. The van der Waals surface area contributed by atoms with Gasteiger partial charge in [-0.25, -0.2) is 4.68 Å². The molecule has 4 rings (SSSR count). The number of thiophene rings is 1. The van der Waals surface area contributed by atoms with Crippen molar-refractivity contribution < 1.29 is 9.32 Å². The highest BCUT2D eigenvalue weighted by Crippen LogP contribution is 2.32. The first-order chi connectivity index (χ1) is 13.3. The van der Waals surface area contributed by atoms with E-state index in [-0.39, 0.29) is 5.91 Å². The number of nitrogens with zero attached hydrogens (tertiary/aromatic N) is 4. The van der Waals surface area contributed by atoms with Crippen molar-refractivity contribution in [3.63, 3.8) is 0 Å². The van der Waals surface area contributed by atoms with Gasteiger partial charge >= 0.3 is 0 Å². The molecule has 1 N–H and O–H groups in total. The van der Waals surface area contributed by atoms with Crippen molar-refractivity contribution in [3.8, 4) is 5.69 Å². The molecule has 0 atom stereocenters. The van der Waals surface area contributed by atoms with Crippen molar-refractivity contribution in [2.45, 2.75) is 33.2 Å². The van der Waals surface area contributed by atoms with E-state index in [0.29, 0.717) is 21.6 Å². The minimum absolute atomic E-state index is 0.209. The summed E-state index contributed by atoms with van der Waals surface area (Å²) in [5, 5.41) is 13.0. The zero-order valence-corrected chi connectivity index (χ0v) is 17.4. The molecule has 1 aromatic carbocycles. The van der Waals surface area contributed by atoms with Gasteiger partial charge in [0.2, 0.25) is 5.89 Å². The number of aromatic nitrogens is 4. The molecule has 3 heterocycles. The summed E-state index contributed by atoms with van der Waals surface area (Å²) in [5.41, 5.74) is 0.839. The van der Waals surface area contributed by atoms with E-state index in [2.05, 4.69) is 20.6 Å². The minimum Gasteiger partial charge on any atom is -0.340 e. The summed E-state index contributed by atoms with van der Waals surface area (Å²) in [7, 11) is 0. The van der Waals surface area contributed by atoms with Gasteiger partial charge in [0.05, 0.1) is 26.8 Å². The molecule has 1 amide bonds. The van der Waals surface area contributed by atoms with Crippen LogP contribution in [0.3, 0.4) is 0 Å². The van der Waals surface area contributed by atoms with Crippen LogP contribution in [-0.2, 0) is 5.54 Å². The maximum Gasteiger partial charge on any atom is 0.262 e. The minimum atomic E-state index is -0.769. The first kappa shape index (κ1) is 18.6. The molecule has 0 bridgehead atoms. The summed E-state index contributed by atoms with van der Waals surface area (Å²) in [6.45, 7) is 7.29. The number of halogens is 1. The van der Waals surface area contributed by atoms with E-state index in [1.165, 1.54) is 11.3 Å². The SMILES string of the molecule is Cc1nc(C(C)(C)NC(=O)c2cc3c(C)nn(-c4ccccc4Cl)c3s2)no1. The Labute approximate surface area is 170 Å². The number of rotatable bonds is 4. The number of nitrogens with one attached hydrogen (secondary N) is 1. The van der Waals surface area contributed by atoms with Crippen LogP contribution in [0.4, 0.5) is 0 Å². The molecule has 0 saturated carbocycles. The largest absolute Gasteiger partial charge is 0.340 e. The van der Waals surface area contributed by atoms with E-state index >= 15 is 0 Å².